The van der Waals surface area contributed by atoms with Crippen LogP contribution in [0.15, 0.2) is 0 Å². The summed E-state index contributed by atoms with van der Waals surface area (Å²) in [6.45, 7) is 13.8. The smallest absolute Gasteiger partial charge is 0.325 e. The Hall–Kier alpha value is -14.6. The van der Waals surface area contributed by atoms with Crippen LogP contribution in [0.2, 0.25) is 0 Å². The molecule has 3 aliphatic rings. The molecule has 60 nitrogen and oxygen atoms in total. The molecule has 0 spiro atoms. The molecule has 3 saturated heterocycles. The Morgan fingerprint density at radius 1 is 0.340 bits per heavy atom. The summed E-state index contributed by atoms with van der Waals surface area (Å²) < 4.78 is 0. The number of hydrogen-bond acceptors (Lipinski definition) is 31. The summed E-state index contributed by atoms with van der Waals surface area (Å²) in [6.07, 6.45) is -6.43. The van der Waals surface area contributed by atoms with Gasteiger partial charge in [-0.3, -0.25) is 127 Å². The maximum Gasteiger partial charge on any atom is 0.325 e. The molecular weight excluding hydrogens is 1980 g/mol. The number of nitrogens with one attached hydrogen (secondary N) is 22. The number of rotatable bonds is 65. The van der Waals surface area contributed by atoms with E-state index in [1.54, 1.807) is 13.8 Å². The van der Waals surface area contributed by atoms with E-state index in [1.165, 1.54) is 65.2 Å². The molecule has 40 N–H and O–H groups in total. The fourth-order valence-electron chi connectivity index (χ4n) is 16.2. The average molecular weight is 2140 g/mol. The Labute approximate surface area is 866 Å². The average Bonchev–Trinajstić information content (AvgIpc) is 1.65. The van der Waals surface area contributed by atoms with E-state index in [4.69, 9.17) is 50.6 Å². The maximum atomic E-state index is 14.7. The summed E-state index contributed by atoms with van der Waals surface area (Å²) in [6, 6.07) is -30.0. The Morgan fingerprint density at radius 3 is 1.15 bits per heavy atom. The molecule has 150 heavy (non-hydrogen) atoms. The first-order chi connectivity index (χ1) is 70.2. The number of carboxylic acids is 2. The number of nitrogens with zero attached hydrogens (tertiary/aromatic N) is 3. The number of aliphatic hydroxyl groups is 4. The molecule has 3 fully saturated rings. The Morgan fingerprint density at radius 2 is 0.693 bits per heavy atom. The van der Waals surface area contributed by atoms with Crippen LogP contribution in [0.3, 0.4) is 0 Å². The quantitative estimate of drug-likeness (QED) is 0.0153. The first-order valence-electron chi connectivity index (χ1n) is 49.5. The van der Waals surface area contributed by atoms with Gasteiger partial charge in [0.15, 0.2) is 17.9 Å². The van der Waals surface area contributed by atoms with Crippen molar-refractivity contribution >= 4 is 154 Å². The van der Waals surface area contributed by atoms with E-state index >= 15 is 0 Å². The predicted molar refractivity (Wildman–Crippen MR) is 531 cm³/mol. The van der Waals surface area contributed by atoms with Gasteiger partial charge in [-0.15, -0.1) is 0 Å². The van der Waals surface area contributed by atoms with Gasteiger partial charge >= 0.3 is 11.9 Å². The van der Waals surface area contributed by atoms with Crippen LogP contribution in [-0.2, 0) is 110 Å². The minimum absolute atomic E-state index is 0.0129. The van der Waals surface area contributed by atoms with E-state index in [1.807, 2.05) is 0 Å². The van der Waals surface area contributed by atoms with Gasteiger partial charge < -0.3 is 181 Å². The Balaban J connectivity index is 1.80. The normalized spacial score (nSPS) is 17.9. The fraction of sp³-hybridized carbons (Fsp3) is 0.711. The van der Waals surface area contributed by atoms with Gasteiger partial charge in [0, 0.05) is 52.1 Å². The highest BCUT2D eigenvalue weighted by Gasteiger charge is 2.48. The van der Waals surface area contributed by atoms with E-state index in [-0.39, 0.29) is 128 Å². The van der Waals surface area contributed by atoms with Gasteiger partial charge in [-0.1, -0.05) is 55.4 Å². The summed E-state index contributed by atoms with van der Waals surface area (Å²) >= 11 is 0. The molecule has 0 aromatic heterocycles. The van der Waals surface area contributed by atoms with Gasteiger partial charge in [-0.25, -0.2) is 0 Å². The zero-order valence-corrected chi connectivity index (χ0v) is 86.4. The largest absolute Gasteiger partial charge is 0.481 e. The monoisotopic (exact) mass is 2130 g/mol. The highest BCUT2D eigenvalue weighted by Crippen LogP contribution is 2.28. The van der Waals surface area contributed by atoms with E-state index in [0.717, 1.165) is 18.7 Å². The lowest BCUT2D eigenvalue weighted by Crippen LogP contribution is -2.64. The summed E-state index contributed by atoms with van der Waals surface area (Å²) in [5, 5.41) is 130. The lowest BCUT2D eigenvalue weighted by molar-refractivity contribution is -0.148. The van der Waals surface area contributed by atoms with Gasteiger partial charge in [0.2, 0.25) is 124 Å². The topological polar surface area (TPSA) is 980 Å². The van der Waals surface area contributed by atoms with Crippen molar-refractivity contribution in [3.05, 3.63) is 0 Å². The third-order valence-electron chi connectivity index (χ3n) is 24.4. The molecule has 0 unspecified atom stereocenters. The molecule has 3 heterocycles. The second-order valence-electron chi connectivity index (χ2n) is 38.4. The summed E-state index contributed by atoms with van der Waals surface area (Å²) in [5.74, 6) is -28.9. The van der Waals surface area contributed by atoms with Crippen LogP contribution < -0.4 is 135 Å². The Kier molecular flexibility index (Phi) is 55.2. The van der Waals surface area contributed by atoms with Crippen LogP contribution in [0.5, 0.6) is 0 Å². The van der Waals surface area contributed by atoms with E-state index in [0.29, 0.717) is 6.42 Å². The number of carbonyl (C=O) groups excluding carboxylic acids is 21. The van der Waals surface area contributed by atoms with Gasteiger partial charge in [-0.05, 0) is 148 Å². The number of hydrogen-bond donors (Lipinski definition) is 34. The van der Waals surface area contributed by atoms with Gasteiger partial charge in [0.1, 0.15) is 115 Å². The zero-order chi connectivity index (χ0) is 114. The number of amides is 21. The predicted octanol–water partition coefficient (Wildman–Crippen LogP) is -13.6. The number of nitrogens with two attached hydrogens (primary N) is 6. The van der Waals surface area contributed by atoms with Gasteiger partial charge in [0.05, 0.1) is 38.4 Å². The van der Waals surface area contributed by atoms with Crippen molar-refractivity contribution in [1.82, 2.24) is 116 Å². The van der Waals surface area contributed by atoms with Gasteiger partial charge in [-0.2, -0.15) is 0 Å². The maximum absolute atomic E-state index is 14.7. The van der Waals surface area contributed by atoms with E-state index in [2.05, 4.69) is 101 Å². The standard InChI is InChI=1S/C90H155N31O29/c1-40(2)35-54(112-82(144)67(46(11)124)118-83(145)68(47(12)125)117-81(143)66(43(7)8)116-80(142)64(41(3)4)114-62(128)37-103-71(133)51(25-27-60(92)126)106-69(131)44(9)104-77(139)57-22-16-32-119(57)84(146)53(21-15-31-102-90(98)99)110-70(132)48(91)38-122)75(137)108-52(26-28-63(129)130)74(136)111-55(36-61(93)127)76(138)115-65(42(5)6)79(141)113-56(39-123)85(147)121-34-18-24-59(121)86(148)120-33-17-23-58(120)78(140)109-50(20-14-30-101-89(96)97)73(135)107-49(19-13-29-100-88(94)95)72(134)105-45(10)87(149)150/h40-59,64-68,122-125H,13-39,91H2,1-12H3,(H2,92,126)(H2,93,127)(H,103,133)(H,104,139)(H,105,134)(H,106,131)(H,107,135)(H,108,137)(H,109,140)(H,110,132)(H,111,136)(H,112,144)(H,113,141)(H,114,128)(H,115,138)(H,116,142)(H,117,143)(H,118,145)(H,129,130)(H,149,150)(H4,94,95,100)(H4,96,97,101)(H4,98,99,102)/t44-,45-,46+,47+,48-,49-,50-,51-,52-,53-,54-,55-,56-,57-,58-,59-,64-,65-,66-,67-,68-/m0/s1. The number of guanidine groups is 3. The molecule has 0 saturated carbocycles. The van der Waals surface area contributed by atoms with Crippen molar-refractivity contribution < 1.29 is 141 Å². The van der Waals surface area contributed by atoms with Crippen molar-refractivity contribution in [3.63, 3.8) is 0 Å². The molecule has 0 bridgehead atoms. The molecule has 0 aromatic carbocycles. The number of primary amides is 2. The third kappa shape index (κ3) is 43.7. The summed E-state index contributed by atoms with van der Waals surface area (Å²) in [4.78, 5) is 319. The van der Waals surface area contributed by atoms with Crippen molar-refractivity contribution in [2.24, 2.45) is 58.1 Å². The number of aliphatic carboxylic acids is 2. The lowest BCUT2D eigenvalue weighted by atomic mass is 9.99. The molecule has 60 heteroatoms. The molecule has 21 atom stereocenters. The Bertz CT molecular complexity index is 4760. The van der Waals surface area contributed by atoms with Crippen LogP contribution in [0.1, 0.15) is 199 Å². The van der Waals surface area contributed by atoms with Crippen LogP contribution in [0.4, 0.5) is 0 Å². The van der Waals surface area contributed by atoms with E-state index in [9.17, 15) is 141 Å². The molecule has 844 valence electrons. The first kappa shape index (κ1) is 130. The first-order valence-corrected chi connectivity index (χ1v) is 49.5. The van der Waals surface area contributed by atoms with Crippen LogP contribution in [-0.4, -0.2) is 385 Å². The van der Waals surface area contributed by atoms with Crippen molar-refractivity contribution in [2.75, 3.05) is 59.0 Å². The van der Waals surface area contributed by atoms with Gasteiger partial charge in [0.25, 0.3) is 0 Å². The minimum atomic E-state index is -2.06. The highest BCUT2D eigenvalue weighted by atomic mass is 16.4. The number of likely N-dealkylation sites (tertiary alicyclic amines) is 3. The number of carboxylic acid groups (broad SMARTS) is 2. The molecule has 0 aliphatic carbocycles. The SMILES string of the molecule is CC(C)C[C@H](NC(=O)[C@@H](NC(=O)[C@@H](NC(=O)[C@@H](NC(=O)[C@@H](NC(=O)CNC(=O)[C@H](CCC(N)=O)NC(=O)[C@H](C)NC(=O)[C@@H]1CCCN1C(=O)[C@H](CCCNC(=N)N)NC(=O)[C@@H](N)CO)C(C)C)C(C)C)[C@@H](C)O)[C@@H](C)O)C(=O)N[C@@H](CCC(=O)O)C(=O)N[C@@H](CC(N)=O)C(=O)N[C@H](C(=O)N[C@@H](CO)C(=O)N1CCC[C@H]1C(=O)N1CCC[C@H]1C(=O)N[C@@H](CCCNC(=N)N)C(=O)N[C@@H](CCCNC(=N)N)C(=O)N[C@@H](C)C(=O)O)C(C)C. The molecule has 3 rings (SSSR count). The molecule has 0 aromatic rings. The zero-order valence-electron chi connectivity index (χ0n) is 86.4. The van der Waals surface area contributed by atoms with Crippen LogP contribution in [0.25, 0.3) is 0 Å². The highest BCUT2D eigenvalue weighted by molar-refractivity contribution is 6.03. The number of aliphatic hydroxyl groups excluding tert-OH is 4. The van der Waals surface area contributed by atoms with Crippen molar-refractivity contribution in [2.45, 2.75) is 326 Å². The summed E-state index contributed by atoms with van der Waals surface area (Å²) in [7, 11) is 0. The van der Waals surface area contributed by atoms with Crippen LogP contribution in [0, 0.1) is 39.9 Å². The van der Waals surface area contributed by atoms with Crippen LogP contribution >= 0.6 is 0 Å². The molecule has 3 aliphatic heterocycles. The molecular formula is C90H155N31O29. The molecule has 0 radical (unpaired) electrons. The fourth-order valence-corrected chi connectivity index (χ4v) is 16.2. The minimum Gasteiger partial charge on any atom is -0.481 e. The molecule has 21 amide bonds. The van der Waals surface area contributed by atoms with E-state index < -0.39 is 344 Å². The third-order valence-corrected chi connectivity index (χ3v) is 24.4. The van der Waals surface area contributed by atoms with Crippen molar-refractivity contribution in [3.8, 4) is 0 Å². The summed E-state index contributed by atoms with van der Waals surface area (Å²) in [5.41, 5.74) is 32.8. The van der Waals surface area contributed by atoms with Crippen molar-refractivity contribution in [1.29, 1.82) is 16.2 Å². The second kappa shape index (κ2) is 64.0. The number of carbonyl (C=O) groups is 23. The second-order valence-corrected chi connectivity index (χ2v) is 38.4. The lowest BCUT2D eigenvalue weighted by Gasteiger charge is -2.33.